The number of ether oxygens (including phenoxy) is 1. The number of carbonyl (C=O) groups excluding carboxylic acids is 1. The Morgan fingerprint density at radius 3 is 2.79 bits per heavy atom. The van der Waals surface area contributed by atoms with Crippen molar-refractivity contribution in [1.82, 2.24) is 20.4 Å². The number of esters is 1. The minimum Gasteiger partial charge on any atom is -0.459 e. The van der Waals surface area contributed by atoms with Crippen molar-refractivity contribution in [2.24, 2.45) is 0 Å². The number of aromatic amines is 1. The average molecular weight is 280 g/mol. The molecule has 102 valence electrons. The summed E-state index contributed by atoms with van der Waals surface area (Å²) in [6.45, 7) is 6.42. The molecular formula is C12H16N4O2S. The highest BCUT2D eigenvalue weighted by Gasteiger charge is 2.19. The zero-order valence-corrected chi connectivity index (χ0v) is 12.0. The van der Waals surface area contributed by atoms with E-state index in [4.69, 9.17) is 4.74 Å². The standard InChI is InChI=1S/C12H16N4O2S/c1-12(2,3)11-14-8(7-19-11)4-10(17)18-6-9-5-13-16-15-9/h5,7H,4,6H2,1-3H3,(H,13,15,16). The summed E-state index contributed by atoms with van der Waals surface area (Å²) in [5.74, 6) is -0.311. The van der Waals surface area contributed by atoms with Crippen LogP contribution in [0.25, 0.3) is 0 Å². The van der Waals surface area contributed by atoms with E-state index in [0.717, 1.165) is 10.7 Å². The lowest BCUT2D eigenvalue weighted by molar-refractivity contribution is -0.144. The fourth-order valence-corrected chi connectivity index (χ4v) is 2.29. The molecule has 0 amide bonds. The Morgan fingerprint density at radius 1 is 1.42 bits per heavy atom. The number of aromatic nitrogens is 4. The number of nitrogens with zero attached hydrogens (tertiary/aromatic N) is 3. The summed E-state index contributed by atoms with van der Waals surface area (Å²) in [5.41, 5.74) is 1.36. The maximum absolute atomic E-state index is 11.7. The molecule has 19 heavy (non-hydrogen) atoms. The van der Waals surface area contributed by atoms with Gasteiger partial charge in [0.2, 0.25) is 0 Å². The van der Waals surface area contributed by atoms with Crippen LogP contribution in [0, 0.1) is 0 Å². The molecule has 0 fully saturated rings. The number of H-pyrrole nitrogens is 1. The van der Waals surface area contributed by atoms with Gasteiger partial charge in [-0.05, 0) is 0 Å². The van der Waals surface area contributed by atoms with Crippen LogP contribution in [0.2, 0.25) is 0 Å². The Labute approximate surface area is 115 Å². The van der Waals surface area contributed by atoms with Gasteiger partial charge in [0.05, 0.1) is 23.3 Å². The molecule has 0 aliphatic carbocycles. The van der Waals surface area contributed by atoms with Crippen molar-refractivity contribution in [1.29, 1.82) is 0 Å². The second-order valence-corrected chi connectivity index (χ2v) is 6.05. The summed E-state index contributed by atoms with van der Waals surface area (Å²) in [6, 6.07) is 0. The molecule has 2 rings (SSSR count). The molecule has 0 aliphatic heterocycles. The van der Waals surface area contributed by atoms with Crippen LogP contribution in [0.4, 0.5) is 0 Å². The van der Waals surface area contributed by atoms with E-state index in [1.54, 1.807) is 11.3 Å². The summed E-state index contributed by atoms with van der Waals surface area (Å²) >= 11 is 1.57. The van der Waals surface area contributed by atoms with Crippen LogP contribution in [0.15, 0.2) is 11.6 Å². The molecule has 2 aromatic heterocycles. The number of rotatable bonds is 4. The van der Waals surface area contributed by atoms with Crippen molar-refractivity contribution in [3.05, 3.63) is 28.0 Å². The molecule has 2 aromatic rings. The molecule has 0 saturated carbocycles. The number of thiazole rings is 1. The van der Waals surface area contributed by atoms with E-state index < -0.39 is 0 Å². The van der Waals surface area contributed by atoms with E-state index in [-0.39, 0.29) is 24.4 Å². The molecule has 2 heterocycles. The predicted octanol–water partition coefficient (Wildman–Crippen LogP) is 1.84. The van der Waals surface area contributed by atoms with Gasteiger partial charge in [-0.1, -0.05) is 20.8 Å². The first-order valence-electron chi connectivity index (χ1n) is 5.90. The Hall–Kier alpha value is -1.76. The monoisotopic (exact) mass is 280 g/mol. The molecule has 7 heteroatoms. The normalized spacial score (nSPS) is 11.5. The van der Waals surface area contributed by atoms with E-state index in [2.05, 4.69) is 41.2 Å². The van der Waals surface area contributed by atoms with E-state index in [1.807, 2.05) is 5.38 Å². The number of nitrogens with one attached hydrogen (secondary N) is 1. The molecule has 0 saturated heterocycles. The second-order valence-electron chi connectivity index (χ2n) is 5.19. The van der Waals surface area contributed by atoms with Crippen LogP contribution in [0.1, 0.15) is 37.2 Å². The smallest absolute Gasteiger partial charge is 0.312 e. The van der Waals surface area contributed by atoms with Gasteiger partial charge in [0.1, 0.15) is 12.3 Å². The third-order valence-corrected chi connectivity index (χ3v) is 3.68. The van der Waals surface area contributed by atoms with Gasteiger partial charge in [0.25, 0.3) is 0 Å². The molecule has 0 spiro atoms. The van der Waals surface area contributed by atoms with E-state index >= 15 is 0 Å². The lowest BCUT2D eigenvalue weighted by atomic mass is 9.98. The van der Waals surface area contributed by atoms with Crippen molar-refractivity contribution in [3.63, 3.8) is 0 Å². The lowest BCUT2D eigenvalue weighted by Gasteiger charge is -2.13. The summed E-state index contributed by atoms with van der Waals surface area (Å²) in [4.78, 5) is 16.1. The van der Waals surface area contributed by atoms with Crippen molar-refractivity contribution in [3.8, 4) is 0 Å². The van der Waals surface area contributed by atoms with Gasteiger partial charge in [-0.3, -0.25) is 4.79 Å². The van der Waals surface area contributed by atoms with Gasteiger partial charge in [0.15, 0.2) is 0 Å². The van der Waals surface area contributed by atoms with E-state index in [1.165, 1.54) is 6.20 Å². The van der Waals surface area contributed by atoms with Crippen molar-refractivity contribution >= 4 is 17.3 Å². The number of hydrogen-bond acceptors (Lipinski definition) is 6. The number of hydrogen-bond donors (Lipinski definition) is 1. The quantitative estimate of drug-likeness (QED) is 0.864. The molecule has 0 aromatic carbocycles. The van der Waals surface area contributed by atoms with Crippen molar-refractivity contribution in [2.75, 3.05) is 0 Å². The third-order valence-electron chi connectivity index (χ3n) is 2.36. The summed E-state index contributed by atoms with van der Waals surface area (Å²) < 4.78 is 5.09. The van der Waals surface area contributed by atoms with E-state index in [0.29, 0.717) is 5.69 Å². The molecule has 0 unspecified atom stereocenters. The minimum absolute atomic E-state index is 0.00747. The van der Waals surface area contributed by atoms with Crippen molar-refractivity contribution < 1.29 is 9.53 Å². The van der Waals surface area contributed by atoms with Gasteiger partial charge in [0, 0.05) is 10.8 Å². The van der Waals surface area contributed by atoms with Crippen LogP contribution < -0.4 is 0 Å². The zero-order chi connectivity index (χ0) is 13.9. The molecule has 0 radical (unpaired) electrons. The lowest BCUT2D eigenvalue weighted by Crippen LogP contribution is -2.12. The first-order chi connectivity index (χ1) is 8.95. The third kappa shape index (κ3) is 3.85. The van der Waals surface area contributed by atoms with Gasteiger partial charge in [-0.15, -0.1) is 11.3 Å². The summed E-state index contributed by atoms with van der Waals surface area (Å²) in [7, 11) is 0. The van der Waals surface area contributed by atoms with Crippen LogP contribution >= 0.6 is 11.3 Å². The maximum atomic E-state index is 11.7. The Bertz CT molecular complexity index is 542. The molecule has 0 bridgehead atoms. The van der Waals surface area contributed by atoms with Gasteiger partial charge >= 0.3 is 5.97 Å². The molecule has 0 aliphatic rings. The maximum Gasteiger partial charge on any atom is 0.312 e. The zero-order valence-electron chi connectivity index (χ0n) is 11.1. The topological polar surface area (TPSA) is 80.8 Å². The predicted molar refractivity (Wildman–Crippen MR) is 70.7 cm³/mol. The fraction of sp³-hybridized carbons (Fsp3) is 0.500. The second kappa shape index (κ2) is 5.48. The summed E-state index contributed by atoms with van der Waals surface area (Å²) in [6.07, 6.45) is 1.71. The highest BCUT2D eigenvalue weighted by molar-refractivity contribution is 7.09. The van der Waals surface area contributed by atoms with Gasteiger partial charge in [-0.25, -0.2) is 4.98 Å². The van der Waals surface area contributed by atoms with Gasteiger partial charge < -0.3 is 4.74 Å². The molecule has 0 atom stereocenters. The summed E-state index contributed by atoms with van der Waals surface area (Å²) in [5, 5.41) is 12.8. The van der Waals surface area contributed by atoms with Crippen LogP contribution in [0.5, 0.6) is 0 Å². The highest BCUT2D eigenvalue weighted by atomic mass is 32.1. The Morgan fingerprint density at radius 2 is 2.21 bits per heavy atom. The van der Waals surface area contributed by atoms with Crippen molar-refractivity contribution in [2.45, 2.75) is 39.2 Å². The molecule has 6 nitrogen and oxygen atoms in total. The SMILES string of the molecule is CC(C)(C)c1nc(CC(=O)OCc2cn[nH]n2)cs1. The highest BCUT2D eigenvalue weighted by Crippen LogP contribution is 2.25. The first-order valence-corrected chi connectivity index (χ1v) is 6.78. The molecular weight excluding hydrogens is 264 g/mol. The Balaban J connectivity index is 1.87. The number of carbonyl (C=O) groups is 1. The van der Waals surface area contributed by atoms with Crippen LogP contribution in [0.3, 0.4) is 0 Å². The van der Waals surface area contributed by atoms with Crippen LogP contribution in [-0.2, 0) is 28.0 Å². The van der Waals surface area contributed by atoms with Crippen LogP contribution in [-0.4, -0.2) is 26.4 Å². The van der Waals surface area contributed by atoms with E-state index in [9.17, 15) is 4.79 Å². The Kier molecular flexibility index (Phi) is 3.94. The first kappa shape index (κ1) is 13.7. The largest absolute Gasteiger partial charge is 0.459 e. The average Bonchev–Trinajstić information content (AvgIpc) is 2.95. The molecule has 1 N–H and O–H groups in total. The van der Waals surface area contributed by atoms with Gasteiger partial charge in [-0.2, -0.15) is 15.4 Å². The minimum atomic E-state index is -0.311. The fourth-order valence-electron chi connectivity index (χ4n) is 1.38.